The van der Waals surface area contributed by atoms with Crippen LogP contribution in [0.15, 0.2) is 24.3 Å². The van der Waals surface area contributed by atoms with Crippen molar-refractivity contribution in [2.24, 2.45) is 0 Å². The summed E-state index contributed by atoms with van der Waals surface area (Å²) < 4.78 is 34.5. The van der Waals surface area contributed by atoms with Crippen LogP contribution in [-0.4, -0.2) is 57.2 Å². The average Bonchev–Trinajstić information content (AvgIpc) is 2.82. The second kappa shape index (κ2) is 6.97. The number of sulfonamides is 1. The number of anilines is 1. The van der Waals surface area contributed by atoms with E-state index >= 15 is 0 Å². The summed E-state index contributed by atoms with van der Waals surface area (Å²) in [6.45, 7) is -0.436. The van der Waals surface area contributed by atoms with Crippen LogP contribution in [0, 0.1) is 0 Å². The quantitative estimate of drug-likeness (QED) is 0.768. The summed E-state index contributed by atoms with van der Waals surface area (Å²) in [5.41, 5.74) is 0.502. The number of rotatable bonds is 5. The van der Waals surface area contributed by atoms with E-state index in [4.69, 9.17) is 4.74 Å². The van der Waals surface area contributed by atoms with Crippen molar-refractivity contribution in [1.29, 1.82) is 0 Å². The van der Waals surface area contributed by atoms with Gasteiger partial charge in [-0.15, -0.1) is 0 Å². The Morgan fingerprint density at radius 3 is 2.48 bits per heavy atom. The molecular formula is C14H18N2O6S. The Morgan fingerprint density at radius 2 is 1.91 bits per heavy atom. The molecule has 0 aromatic heterocycles. The van der Waals surface area contributed by atoms with Crippen LogP contribution in [0.25, 0.3) is 0 Å². The van der Waals surface area contributed by atoms with Gasteiger partial charge in [-0.05, 0) is 30.7 Å². The molecule has 1 fully saturated rings. The minimum Gasteiger partial charge on any atom is -0.497 e. The van der Waals surface area contributed by atoms with E-state index in [9.17, 15) is 18.0 Å². The molecule has 0 bridgehead atoms. The standard InChI is InChI=1S/C14H18N2O6S/c1-21-11-5-3-10(4-6-11)15-13(17)9-16-12(14(18)22-2)7-8-23(16,19)20/h3-6,12H,7-9H2,1-2H3,(H,15,17)/t12-/m0/s1. The first-order valence-corrected chi connectivity index (χ1v) is 8.49. The second-order valence-corrected chi connectivity index (χ2v) is 7.01. The largest absolute Gasteiger partial charge is 0.497 e. The van der Waals surface area contributed by atoms with Gasteiger partial charge in [0, 0.05) is 5.69 Å². The Hall–Kier alpha value is -2.13. The number of nitrogens with zero attached hydrogens (tertiary/aromatic N) is 1. The molecule has 0 saturated carbocycles. The number of nitrogens with one attached hydrogen (secondary N) is 1. The van der Waals surface area contributed by atoms with Gasteiger partial charge in [-0.2, -0.15) is 4.31 Å². The lowest BCUT2D eigenvalue weighted by atomic mass is 10.2. The van der Waals surface area contributed by atoms with Crippen molar-refractivity contribution >= 4 is 27.6 Å². The highest BCUT2D eigenvalue weighted by atomic mass is 32.2. The maximum Gasteiger partial charge on any atom is 0.324 e. The highest BCUT2D eigenvalue weighted by Gasteiger charge is 2.43. The lowest BCUT2D eigenvalue weighted by molar-refractivity contribution is -0.144. The molecular weight excluding hydrogens is 324 g/mol. The summed E-state index contributed by atoms with van der Waals surface area (Å²) >= 11 is 0. The van der Waals surface area contributed by atoms with Crippen LogP contribution in [0.2, 0.25) is 0 Å². The molecule has 126 valence electrons. The summed E-state index contributed by atoms with van der Waals surface area (Å²) in [6.07, 6.45) is 0.116. The summed E-state index contributed by atoms with van der Waals surface area (Å²) in [4.78, 5) is 23.7. The van der Waals surface area contributed by atoms with E-state index in [2.05, 4.69) is 10.1 Å². The minimum absolute atomic E-state index is 0.116. The van der Waals surface area contributed by atoms with E-state index in [1.54, 1.807) is 24.3 Å². The van der Waals surface area contributed by atoms with Crippen LogP contribution in [0.5, 0.6) is 5.75 Å². The van der Waals surface area contributed by atoms with E-state index in [0.29, 0.717) is 11.4 Å². The highest BCUT2D eigenvalue weighted by Crippen LogP contribution is 2.22. The molecule has 0 unspecified atom stereocenters. The first kappa shape index (κ1) is 17.2. The maximum atomic E-state index is 12.1. The predicted molar refractivity (Wildman–Crippen MR) is 82.5 cm³/mol. The molecule has 1 aromatic carbocycles. The Bertz CT molecular complexity index is 686. The first-order valence-electron chi connectivity index (χ1n) is 6.88. The first-order chi connectivity index (χ1) is 10.9. The summed E-state index contributed by atoms with van der Waals surface area (Å²) in [5, 5.41) is 2.58. The molecule has 1 N–H and O–H groups in total. The summed E-state index contributed by atoms with van der Waals surface area (Å²) in [6, 6.07) is 5.64. The SMILES string of the molecule is COC(=O)[C@@H]1CCS(=O)(=O)N1CC(=O)Nc1ccc(OC)cc1. The van der Waals surface area contributed by atoms with Crippen molar-refractivity contribution in [2.45, 2.75) is 12.5 Å². The molecule has 1 saturated heterocycles. The topological polar surface area (TPSA) is 102 Å². The Balaban J connectivity index is 2.06. The third kappa shape index (κ3) is 3.99. The van der Waals surface area contributed by atoms with Gasteiger partial charge in [0.25, 0.3) is 0 Å². The zero-order chi connectivity index (χ0) is 17.0. The smallest absolute Gasteiger partial charge is 0.324 e. The lowest BCUT2D eigenvalue weighted by Crippen LogP contribution is -2.43. The van der Waals surface area contributed by atoms with E-state index in [1.807, 2.05) is 0 Å². The maximum absolute atomic E-state index is 12.1. The number of ether oxygens (including phenoxy) is 2. The monoisotopic (exact) mass is 342 g/mol. The number of hydrogen-bond acceptors (Lipinski definition) is 6. The fraction of sp³-hybridized carbons (Fsp3) is 0.429. The Labute approximate surface area is 134 Å². The molecule has 23 heavy (non-hydrogen) atoms. The molecule has 0 aliphatic carbocycles. The second-order valence-electron chi connectivity index (χ2n) is 4.97. The third-order valence-electron chi connectivity index (χ3n) is 3.50. The molecule has 0 spiro atoms. The van der Waals surface area contributed by atoms with Crippen molar-refractivity contribution in [1.82, 2.24) is 4.31 Å². The molecule has 2 rings (SSSR count). The summed E-state index contributed by atoms with van der Waals surface area (Å²) in [7, 11) is -0.928. The number of benzene rings is 1. The summed E-state index contributed by atoms with van der Waals surface area (Å²) in [5.74, 6) is -0.739. The third-order valence-corrected chi connectivity index (χ3v) is 5.35. The number of esters is 1. The van der Waals surface area contributed by atoms with Crippen LogP contribution in [0.3, 0.4) is 0 Å². The fourth-order valence-electron chi connectivity index (χ4n) is 2.31. The van der Waals surface area contributed by atoms with Gasteiger partial charge >= 0.3 is 5.97 Å². The molecule has 1 amide bonds. The molecule has 9 heteroatoms. The van der Waals surface area contributed by atoms with Gasteiger partial charge in [0.05, 0.1) is 26.5 Å². The number of amides is 1. The van der Waals surface area contributed by atoms with Crippen LogP contribution in [0.1, 0.15) is 6.42 Å². The van der Waals surface area contributed by atoms with E-state index in [0.717, 1.165) is 4.31 Å². The molecule has 1 aromatic rings. The van der Waals surface area contributed by atoms with Crippen molar-refractivity contribution in [3.63, 3.8) is 0 Å². The molecule has 1 heterocycles. The normalized spacial score (nSPS) is 20.0. The van der Waals surface area contributed by atoms with Gasteiger partial charge in [0.1, 0.15) is 11.8 Å². The van der Waals surface area contributed by atoms with Crippen molar-refractivity contribution in [3.05, 3.63) is 24.3 Å². The van der Waals surface area contributed by atoms with Gasteiger partial charge in [0.2, 0.25) is 15.9 Å². The molecule has 0 radical (unpaired) electrons. The average molecular weight is 342 g/mol. The van der Waals surface area contributed by atoms with Crippen LogP contribution in [0.4, 0.5) is 5.69 Å². The van der Waals surface area contributed by atoms with Gasteiger partial charge in [-0.1, -0.05) is 0 Å². The van der Waals surface area contributed by atoms with E-state index < -0.39 is 34.5 Å². The highest BCUT2D eigenvalue weighted by molar-refractivity contribution is 7.89. The van der Waals surface area contributed by atoms with Gasteiger partial charge in [-0.3, -0.25) is 9.59 Å². The zero-order valence-corrected chi connectivity index (χ0v) is 13.6. The Morgan fingerprint density at radius 1 is 1.26 bits per heavy atom. The van der Waals surface area contributed by atoms with Crippen LogP contribution < -0.4 is 10.1 Å². The minimum atomic E-state index is -3.64. The van der Waals surface area contributed by atoms with Crippen LogP contribution in [-0.2, 0) is 24.3 Å². The number of carbonyl (C=O) groups excluding carboxylic acids is 2. The van der Waals surface area contributed by atoms with Crippen LogP contribution >= 0.6 is 0 Å². The van der Waals surface area contributed by atoms with E-state index in [1.165, 1.54) is 14.2 Å². The number of carbonyl (C=O) groups is 2. The number of hydrogen-bond donors (Lipinski definition) is 1. The molecule has 1 aliphatic rings. The molecule has 1 atom stereocenters. The zero-order valence-electron chi connectivity index (χ0n) is 12.8. The van der Waals surface area contributed by atoms with Gasteiger partial charge in [-0.25, -0.2) is 8.42 Å². The molecule has 1 aliphatic heterocycles. The predicted octanol–water partition coefficient (Wildman–Crippen LogP) is 0.211. The Kier molecular flexibility index (Phi) is 5.22. The van der Waals surface area contributed by atoms with E-state index in [-0.39, 0.29) is 12.2 Å². The number of methoxy groups -OCH3 is 2. The van der Waals surface area contributed by atoms with Gasteiger partial charge < -0.3 is 14.8 Å². The molecule has 8 nitrogen and oxygen atoms in total. The fourth-order valence-corrected chi connectivity index (χ4v) is 3.96. The van der Waals surface area contributed by atoms with Crippen molar-refractivity contribution < 1.29 is 27.5 Å². The van der Waals surface area contributed by atoms with Gasteiger partial charge in [0.15, 0.2) is 0 Å². The van der Waals surface area contributed by atoms with Crippen molar-refractivity contribution in [3.8, 4) is 5.75 Å². The lowest BCUT2D eigenvalue weighted by Gasteiger charge is -2.20. The van der Waals surface area contributed by atoms with Crippen molar-refractivity contribution in [2.75, 3.05) is 31.8 Å².